The summed E-state index contributed by atoms with van der Waals surface area (Å²) in [6.45, 7) is 0. The molecule has 0 radical (unpaired) electrons. The zero-order valence-electron chi connectivity index (χ0n) is 14.6. The number of halogens is 2. The van der Waals surface area contributed by atoms with Gasteiger partial charge in [-0.15, -0.1) is 11.3 Å². The van der Waals surface area contributed by atoms with Crippen LogP contribution in [0.25, 0.3) is 5.57 Å². The maximum absolute atomic E-state index is 13.5. The largest absolute Gasteiger partial charge is 0.294 e. The molecule has 1 saturated carbocycles. The van der Waals surface area contributed by atoms with Crippen LogP contribution in [0, 0.1) is 5.92 Å². The molecule has 2 atom stereocenters. The van der Waals surface area contributed by atoms with Crippen LogP contribution in [0.15, 0.2) is 46.8 Å². The lowest BCUT2D eigenvalue weighted by atomic mass is 9.94. The van der Waals surface area contributed by atoms with Crippen molar-refractivity contribution in [3.05, 3.63) is 52.5 Å². The number of benzene rings is 1. The Balaban J connectivity index is 1.93. The highest BCUT2D eigenvalue weighted by atomic mass is 32.2. The third-order valence-electron chi connectivity index (χ3n) is 4.54. The Bertz CT molecular complexity index is 928. The molecule has 144 valence electrons. The number of hydrogen-bond donors (Lipinski definition) is 0. The van der Waals surface area contributed by atoms with Gasteiger partial charge in [0.2, 0.25) is 0 Å². The number of rotatable bonds is 6. The van der Waals surface area contributed by atoms with Crippen molar-refractivity contribution >= 4 is 32.5 Å². The van der Waals surface area contributed by atoms with Crippen molar-refractivity contribution in [2.24, 2.45) is 5.92 Å². The molecule has 1 fully saturated rings. The van der Waals surface area contributed by atoms with Crippen molar-refractivity contribution in [3.8, 4) is 0 Å². The Morgan fingerprint density at radius 3 is 2.37 bits per heavy atom. The van der Waals surface area contributed by atoms with E-state index < -0.39 is 22.2 Å². The van der Waals surface area contributed by atoms with Crippen LogP contribution in [-0.2, 0) is 21.1 Å². The summed E-state index contributed by atoms with van der Waals surface area (Å²) in [4.78, 5) is 17.1. The van der Waals surface area contributed by atoms with E-state index in [2.05, 4.69) is 4.98 Å². The number of Topliss-reactive ketones (excluding diaryl/α,β-unsaturated/α-hetero) is 1. The highest BCUT2D eigenvalue weighted by molar-refractivity contribution is 7.90. The molecular formula is C19H19F2NO3S2. The number of ketones is 1. The van der Waals surface area contributed by atoms with E-state index in [9.17, 15) is 22.0 Å². The number of aromatic nitrogens is 1. The maximum Gasteiger partial charge on any atom is 0.175 e. The third kappa shape index (κ3) is 4.87. The van der Waals surface area contributed by atoms with E-state index in [0.717, 1.165) is 6.26 Å². The highest BCUT2D eigenvalue weighted by Crippen LogP contribution is 2.34. The highest BCUT2D eigenvalue weighted by Gasteiger charge is 2.34. The molecule has 0 bridgehead atoms. The van der Waals surface area contributed by atoms with Crippen LogP contribution in [0.3, 0.4) is 0 Å². The molecule has 3 rings (SSSR count). The molecule has 4 nitrogen and oxygen atoms in total. The Morgan fingerprint density at radius 1 is 1.22 bits per heavy atom. The molecule has 0 saturated heterocycles. The van der Waals surface area contributed by atoms with E-state index >= 15 is 0 Å². The molecule has 2 aromatic rings. The summed E-state index contributed by atoms with van der Waals surface area (Å²) in [6.07, 6.45) is 1.46. The zero-order valence-corrected chi connectivity index (χ0v) is 16.3. The molecule has 1 aromatic carbocycles. The average molecular weight is 411 g/mol. The minimum atomic E-state index is -3.36. The number of carbonyl (C=O) groups excluding carboxylic acids is 1. The predicted octanol–water partition coefficient (Wildman–Crippen LogP) is 3.83. The van der Waals surface area contributed by atoms with Crippen molar-refractivity contribution in [1.82, 2.24) is 4.98 Å². The van der Waals surface area contributed by atoms with Crippen molar-refractivity contribution < 1.29 is 22.0 Å². The van der Waals surface area contributed by atoms with Gasteiger partial charge in [-0.1, -0.05) is 18.2 Å². The summed E-state index contributed by atoms with van der Waals surface area (Å²) in [5.74, 6) is -0.588. The van der Waals surface area contributed by atoms with Crippen LogP contribution in [0.5, 0.6) is 0 Å². The topological polar surface area (TPSA) is 64.1 Å². The summed E-state index contributed by atoms with van der Waals surface area (Å²) < 4.78 is 50.4. The van der Waals surface area contributed by atoms with E-state index in [0.29, 0.717) is 16.1 Å². The summed E-state index contributed by atoms with van der Waals surface area (Å²) >= 11 is 1.35. The van der Waals surface area contributed by atoms with Gasteiger partial charge < -0.3 is 0 Å². The summed E-state index contributed by atoms with van der Waals surface area (Å²) in [6, 6.07) is 5.97. The van der Waals surface area contributed by atoms with E-state index in [1.54, 1.807) is 29.8 Å². The first-order valence-electron chi connectivity index (χ1n) is 8.46. The van der Waals surface area contributed by atoms with Crippen LogP contribution in [0.2, 0.25) is 0 Å². The lowest BCUT2D eigenvalue weighted by Gasteiger charge is -2.11. The standard InChI is InChI=1S/C19H19F2NO3S2/c1-27(24,25)14-4-2-13(3-5-14)15(8-12-9-16(20)17(21)10-12)18(23)11-19-22-6-7-26-19/h2-8,12,16-17H,9-11H2,1H3/b15-8+/t16-,17-/m1/s1. The van der Waals surface area contributed by atoms with Gasteiger partial charge in [0.15, 0.2) is 15.6 Å². The second-order valence-electron chi connectivity index (χ2n) is 6.67. The van der Waals surface area contributed by atoms with Gasteiger partial charge in [0, 0.05) is 23.4 Å². The lowest BCUT2D eigenvalue weighted by molar-refractivity contribution is -0.113. The first-order chi connectivity index (χ1) is 12.7. The number of hydrogen-bond acceptors (Lipinski definition) is 5. The maximum atomic E-state index is 13.5. The molecule has 0 spiro atoms. The second-order valence-corrected chi connectivity index (χ2v) is 9.66. The smallest absolute Gasteiger partial charge is 0.175 e. The van der Waals surface area contributed by atoms with Crippen LogP contribution in [-0.4, -0.2) is 37.8 Å². The second kappa shape index (κ2) is 7.98. The fourth-order valence-electron chi connectivity index (χ4n) is 3.15. The van der Waals surface area contributed by atoms with Gasteiger partial charge in [0.1, 0.15) is 17.4 Å². The van der Waals surface area contributed by atoms with Crippen molar-refractivity contribution in [2.45, 2.75) is 36.5 Å². The van der Waals surface area contributed by atoms with Gasteiger partial charge in [-0.3, -0.25) is 4.79 Å². The van der Waals surface area contributed by atoms with Crippen molar-refractivity contribution in [3.63, 3.8) is 0 Å². The molecule has 1 aliphatic carbocycles. The molecule has 0 aliphatic heterocycles. The molecule has 0 unspecified atom stereocenters. The van der Waals surface area contributed by atoms with Gasteiger partial charge in [-0.2, -0.15) is 0 Å². The zero-order chi connectivity index (χ0) is 19.6. The van der Waals surface area contributed by atoms with Gasteiger partial charge in [-0.25, -0.2) is 22.2 Å². The van der Waals surface area contributed by atoms with E-state index in [4.69, 9.17) is 0 Å². The first kappa shape index (κ1) is 19.8. The quantitative estimate of drug-likeness (QED) is 0.678. The number of alkyl halides is 2. The van der Waals surface area contributed by atoms with Crippen LogP contribution < -0.4 is 0 Å². The lowest BCUT2D eigenvalue weighted by Crippen LogP contribution is -2.08. The van der Waals surface area contributed by atoms with Crippen molar-refractivity contribution in [1.29, 1.82) is 0 Å². The van der Waals surface area contributed by atoms with E-state index in [1.165, 1.54) is 23.5 Å². The van der Waals surface area contributed by atoms with E-state index in [1.807, 2.05) is 0 Å². The summed E-state index contributed by atoms with van der Waals surface area (Å²) in [5.41, 5.74) is 0.873. The fraction of sp³-hybridized carbons (Fsp3) is 0.368. The van der Waals surface area contributed by atoms with Gasteiger partial charge in [-0.05, 0) is 36.5 Å². The molecule has 27 heavy (non-hydrogen) atoms. The molecule has 1 heterocycles. The molecular weight excluding hydrogens is 392 g/mol. The Morgan fingerprint density at radius 2 is 1.85 bits per heavy atom. The number of carbonyl (C=O) groups is 1. The minimum absolute atomic E-state index is 0.0383. The van der Waals surface area contributed by atoms with Gasteiger partial charge in [0.05, 0.1) is 11.3 Å². The normalized spacial score (nSPS) is 21.5. The van der Waals surface area contributed by atoms with Crippen LogP contribution in [0.4, 0.5) is 8.78 Å². The number of thiazole rings is 1. The predicted molar refractivity (Wildman–Crippen MR) is 101 cm³/mol. The molecule has 1 aromatic heterocycles. The van der Waals surface area contributed by atoms with Crippen LogP contribution >= 0.6 is 11.3 Å². The average Bonchev–Trinajstić information content (AvgIpc) is 3.22. The minimum Gasteiger partial charge on any atom is -0.294 e. The Labute approximate surface area is 160 Å². The number of nitrogens with zero attached hydrogens (tertiary/aromatic N) is 1. The summed E-state index contributed by atoms with van der Waals surface area (Å²) in [7, 11) is -3.36. The number of allylic oxidation sites excluding steroid dienone is 2. The SMILES string of the molecule is CS(=O)(=O)c1ccc(/C(=C\C2C[C@@H](F)[C@H](F)C2)C(=O)Cc2nccs2)cc1. The van der Waals surface area contributed by atoms with Gasteiger partial charge in [0.25, 0.3) is 0 Å². The van der Waals surface area contributed by atoms with Crippen LogP contribution in [0.1, 0.15) is 23.4 Å². The van der Waals surface area contributed by atoms with Crippen molar-refractivity contribution in [2.75, 3.05) is 6.26 Å². The fourth-order valence-corrected chi connectivity index (χ4v) is 4.39. The number of sulfone groups is 1. The molecule has 0 amide bonds. The molecule has 1 aliphatic rings. The summed E-state index contributed by atoms with van der Waals surface area (Å²) in [5, 5.41) is 2.42. The first-order valence-corrected chi connectivity index (χ1v) is 11.2. The Kier molecular flexibility index (Phi) is 5.86. The van der Waals surface area contributed by atoms with E-state index in [-0.39, 0.29) is 35.9 Å². The Hall–Kier alpha value is -1.93. The van der Waals surface area contributed by atoms with Gasteiger partial charge >= 0.3 is 0 Å². The molecule has 0 N–H and O–H groups in total. The monoisotopic (exact) mass is 411 g/mol. The molecule has 8 heteroatoms. The third-order valence-corrected chi connectivity index (χ3v) is 6.45.